The van der Waals surface area contributed by atoms with Crippen molar-refractivity contribution in [3.63, 3.8) is 0 Å². The molecule has 1 amide bonds. The Balaban J connectivity index is 1.77. The first kappa shape index (κ1) is 12.5. The highest BCUT2D eigenvalue weighted by molar-refractivity contribution is 5.88. The number of amides is 1. The van der Waals surface area contributed by atoms with Gasteiger partial charge in [0.15, 0.2) is 6.23 Å². The van der Waals surface area contributed by atoms with E-state index < -0.39 is 0 Å². The summed E-state index contributed by atoms with van der Waals surface area (Å²) in [4.78, 5) is 11.0. The molecule has 0 bridgehead atoms. The molecular formula is C16H16N2O2. The highest BCUT2D eigenvalue weighted by Crippen LogP contribution is 2.38. The molecule has 2 aromatic rings. The van der Waals surface area contributed by atoms with Crippen LogP contribution in [0.5, 0.6) is 5.75 Å². The lowest BCUT2D eigenvalue weighted by Crippen LogP contribution is -2.10. The predicted molar refractivity (Wildman–Crippen MR) is 78.9 cm³/mol. The Hall–Kier alpha value is -2.49. The van der Waals surface area contributed by atoms with E-state index in [-0.39, 0.29) is 12.1 Å². The van der Waals surface area contributed by atoms with Gasteiger partial charge in [-0.3, -0.25) is 4.79 Å². The number of rotatable bonds is 2. The van der Waals surface area contributed by atoms with Gasteiger partial charge in [0.2, 0.25) is 5.91 Å². The Bertz CT molecular complexity index is 650. The van der Waals surface area contributed by atoms with Crippen LogP contribution in [0.1, 0.15) is 24.3 Å². The van der Waals surface area contributed by atoms with E-state index >= 15 is 0 Å². The van der Waals surface area contributed by atoms with Gasteiger partial charge < -0.3 is 15.4 Å². The van der Waals surface area contributed by atoms with E-state index in [1.807, 2.05) is 43.3 Å². The first-order valence-electron chi connectivity index (χ1n) is 6.53. The molecule has 4 nitrogen and oxygen atoms in total. The number of nitrogens with one attached hydrogen (secondary N) is 2. The number of aryl methyl sites for hydroxylation is 1. The summed E-state index contributed by atoms with van der Waals surface area (Å²) in [6, 6.07) is 13.7. The summed E-state index contributed by atoms with van der Waals surface area (Å²) in [5, 5.41) is 6.08. The molecule has 2 aromatic carbocycles. The van der Waals surface area contributed by atoms with E-state index in [1.165, 1.54) is 12.5 Å². The fourth-order valence-corrected chi connectivity index (χ4v) is 2.24. The molecule has 1 heterocycles. The average molecular weight is 268 g/mol. The molecule has 0 saturated carbocycles. The lowest BCUT2D eigenvalue weighted by atomic mass is 10.2. The Morgan fingerprint density at radius 2 is 1.95 bits per heavy atom. The second-order valence-electron chi connectivity index (χ2n) is 4.95. The van der Waals surface area contributed by atoms with Gasteiger partial charge >= 0.3 is 0 Å². The van der Waals surface area contributed by atoms with Crippen LogP contribution in [-0.2, 0) is 4.79 Å². The number of hydrogen-bond donors (Lipinski definition) is 2. The van der Waals surface area contributed by atoms with Crippen LogP contribution < -0.4 is 15.4 Å². The summed E-state index contributed by atoms with van der Waals surface area (Å²) in [5.41, 5.74) is 3.99. The first-order chi connectivity index (χ1) is 9.61. The van der Waals surface area contributed by atoms with E-state index in [9.17, 15) is 4.79 Å². The summed E-state index contributed by atoms with van der Waals surface area (Å²) in [6.45, 7) is 3.54. The van der Waals surface area contributed by atoms with Gasteiger partial charge in [-0.25, -0.2) is 0 Å². The number of anilines is 2. The highest BCUT2D eigenvalue weighted by Gasteiger charge is 2.23. The van der Waals surface area contributed by atoms with Crippen LogP contribution in [0.15, 0.2) is 42.5 Å². The Morgan fingerprint density at radius 3 is 2.65 bits per heavy atom. The molecule has 3 rings (SSSR count). The molecule has 0 aliphatic carbocycles. The standard InChI is InChI=1S/C16H16N2O2/c1-10-3-8-14-15(9-10)20-16(18-14)12-4-6-13(7-5-12)17-11(2)19/h3-9,16,18H,1-2H3,(H,17,19). The smallest absolute Gasteiger partial charge is 0.221 e. The minimum atomic E-state index is -0.182. The van der Waals surface area contributed by atoms with Crippen LogP contribution >= 0.6 is 0 Å². The second kappa shape index (κ2) is 4.89. The van der Waals surface area contributed by atoms with Crippen molar-refractivity contribution in [3.05, 3.63) is 53.6 Å². The maximum atomic E-state index is 11.0. The van der Waals surface area contributed by atoms with E-state index in [0.29, 0.717) is 0 Å². The van der Waals surface area contributed by atoms with Crippen LogP contribution in [0.4, 0.5) is 11.4 Å². The molecule has 0 spiro atoms. The fourth-order valence-electron chi connectivity index (χ4n) is 2.24. The van der Waals surface area contributed by atoms with Crippen molar-refractivity contribution in [2.75, 3.05) is 10.6 Å². The molecule has 102 valence electrons. The summed E-state index contributed by atoms with van der Waals surface area (Å²) in [7, 11) is 0. The SMILES string of the molecule is CC(=O)Nc1ccc(C2Nc3ccc(C)cc3O2)cc1. The van der Waals surface area contributed by atoms with Gasteiger partial charge in [-0.05, 0) is 36.8 Å². The fraction of sp³-hybridized carbons (Fsp3) is 0.188. The van der Waals surface area contributed by atoms with Crippen molar-refractivity contribution in [1.82, 2.24) is 0 Å². The average Bonchev–Trinajstić information content (AvgIpc) is 2.81. The van der Waals surface area contributed by atoms with E-state index in [0.717, 1.165) is 22.7 Å². The monoisotopic (exact) mass is 268 g/mol. The molecule has 1 aliphatic rings. The third-order valence-electron chi connectivity index (χ3n) is 3.20. The normalized spacial score (nSPS) is 16.0. The van der Waals surface area contributed by atoms with Crippen LogP contribution in [-0.4, -0.2) is 5.91 Å². The third kappa shape index (κ3) is 2.45. The Labute approximate surface area is 117 Å². The maximum absolute atomic E-state index is 11.0. The molecule has 4 heteroatoms. The Kier molecular flexibility index (Phi) is 3.06. The quantitative estimate of drug-likeness (QED) is 0.877. The van der Waals surface area contributed by atoms with Crippen molar-refractivity contribution >= 4 is 17.3 Å². The van der Waals surface area contributed by atoms with Crippen LogP contribution in [0.2, 0.25) is 0 Å². The van der Waals surface area contributed by atoms with Crippen molar-refractivity contribution in [2.24, 2.45) is 0 Å². The zero-order valence-corrected chi connectivity index (χ0v) is 11.4. The summed E-state index contributed by atoms with van der Waals surface area (Å²) < 4.78 is 5.90. The van der Waals surface area contributed by atoms with Gasteiger partial charge in [0, 0.05) is 18.2 Å². The second-order valence-corrected chi connectivity index (χ2v) is 4.95. The topological polar surface area (TPSA) is 50.4 Å². The third-order valence-corrected chi connectivity index (χ3v) is 3.20. The van der Waals surface area contributed by atoms with E-state index in [2.05, 4.69) is 16.7 Å². The van der Waals surface area contributed by atoms with Gasteiger partial charge in [0.05, 0.1) is 5.69 Å². The van der Waals surface area contributed by atoms with Gasteiger partial charge in [-0.1, -0.05) is 18.2 Å². The number of ether oxygens (including phenoxy) is 1. The number of fused-ring (bicyclic) bond motifs is 1. The van der Waals surface area contributed by atoms with Crippen LogP contribution in [0, 0.1) is 6.92 Å². The zero-order chi connectivity index (χ0) is 14.1. The molecule has 20 heavy (non-hydrogen) atoms. The van der Waals surface area contributed by atoms with Crippen molar-refractivity contribution < 1.29 is 9.53 Å². The number of hydrogen-bond acceptors (Lipinski definition) is 3. The zero-order valence-electron chi connectivity index (χ0n) is 11.4. The highest BCUT2D eigenvalue weighted by atomic mass is 16.5. The summed E-state index contributed by atoms with van der Waals surface area (Å²) in [6.07, 6.45) is -0.182. The molecule has 2 N–H and O–H groups in total. The molecule has 0 fully saturated rings. The maximum Gasteiger partial charge on any atom is 0.221 e. The number of carbonyl (C=O) groups excluding carboxylic acids is 1. The Morgan fingerprint density at radius 1 is 1.20 bits per heavy atom. The summed E-state index contributed by atoms with van der Waals surface area (Å²) in [5.74, 6) is 0.803. The molecule has 0 saturated heterocycles. The molecule has 0 aromatic heterocycles. The van der Waals surface area contributed by atoms with Crippen molar-refractivity contribution in [2.45, 2.75) is 20.1 Å². The van der Waals surface area contributed by atoms with Gasteiger partial charge in [0.1, 0.15) is 5.75 Å². The molecule has 1 atom stereocenters. The van der Waals surface area contributed by atoms with Crippen molar-refractivity contribution in [3.8, 4) is 5.75 Å². The van der Waals surface area contributed by atoms with Crippen molar-refractivity contribution in [1.29, 1.82) is 0 Å². The van der Waals surface area contributed by atoms with Gasteiger partial charge in [-0.15, -0.1) is 0 Å². The molecule has 0 radical (unpaired) electrons. The molecule has 1 aliphatic heterocycles. The van der Waals surface area contributed by atoms with Gasteiger partial charge in [-0.2, -0.15) is 0 Å². The van der Waals surface area contributed by atoms with E-state index in [4.69, 9.17) is 4.74 Å². The lowest BCUT2D eigenvalue weighted by Gasteiger charge is -2.12. The van der Waals surface area contributed by atoms with Crippen LogP contribution in [0.25, 0.3) is 0 Å². The minimum absolute atomic E-state index is 0.0733. The summed E-state index contributed by atoms with van der Waals surface area (Å²) >= 11 is 0. The number of carbonyl (C=O) groups is 1. The van der Waals surface area contributed by atoms with E-state index in [1.54, 1.807) is 0 Å². The lowest BCUT2D eigenvalue weighted by molar-refractivity contribution is -0.114. The minimum Gasteiger partial charge on any atom is -0.464 e. The van der Waals surface area contributed by atoms with Crippen LogP contribution in [0.3, 0.4) is 0 Å². The largest absolute Gasteiger partial charge is 0.464 e. The number of benzene rings is 2. The molecular weight excluding hydrogens is 252 g/mol. The molecule has 1 unspecified atom stereocenters. The first-order valence-corrected chi connectivity index (χ1v) is 6.53. The van der Waals surface area contributed by atoms with Gasteiger partial charge in [0.25, 0.3) is 0 Å². The predicted octanol–water partition coefficient (Wildman–Crippen LogP) is 3.46.